The van der Waals surface area contributed by atoms with Gasteiger partial charge in [0.15, 0.2) is 6.73 Å². The molecule has 0 saturated heterocycles. The van der Waals surface area contributed by atoms with Crippen molar-refractivity contribution in [2.45, 2.75) is 70.6 Å². The van der Waals surface area contributed by atoms with Crippen molar-refractivity contribution in [1.82, 2.24) is 25.5 Å². The number of nitrogens with two attached hydrogens (primary N) is 2. The van der Waals surface area contributed by atoms with Crippen LogP contribution in [-0.4, -0.2) is 71.6 Å². The summed E-state index contributed by atoms with van der Waals surface area (Å²) in [4.78, 5) is 82.4. The van der Waals surface area contributed by atoms with Gasteiger partial charge in [-0.25, -0.2) is 9.59 Å². The number of amides is 4. The molecule has 0 saturated carbocycles. The number of unbranched alkanes of at least 4 members (excludes halogenated alkanes) is 2. The van der Waals surface area contributed by atoms with Crippen LogP contribution in [0.1, 0.15) is 68.9 Å². The van der Waals surface area contributed by atoms with Crippen molar-refractivity contribution in [1.29, 1.82) is 0 Å². The summed E-state index contributed by atoms with van der Waals surface area (Å²) in [6, 6.07) is 15.3. The molecule has 0 bridgehead atoms. The summed E-state index contributed by atoms with van der Waals surface area (Å²) >= 11 is 0. The number of nitrogens with zero attached hydrogens (tertiary/aromatic N) is 1. The molecule has 1 heterocycles. The Labute approximate surface area is 304 Å². The van der Waals surface area contributed by atoms with Gasteiger partial charge >= 0.3 is 17.8 Å². The first-order valence-electron chi connectivity index (χ1n) is 17.2. The Morgan fingerprint density at radius 1 is 0.925 bits per heavy atom. The van der Waals surface area contributed by atoms with Crippen LogP contribution in [-0.2, 0) is 35.4 Å². The smallest absolute Gasteiger partial charge is 0.407 e. The van der Waals surface area contributed by atoms with Gasteiger partial charge in [0.05, 0.1) is 19.2 Å². The van der Waals surface area contributed by atoms with Gasteiger partial charge in [-0.1, -0.05) is 61.9 Å². The average molecular weight is 740 g/mol. The minimum atomic E-state index is -1.16. The number of aromatic amines is 1. The monoisotopic (exact) mass is 739 g/mol. The second-order valence-electron chi connectivity index (χ2n) is 12.0. The van der Waals surface area contributed by atoms with E-state index in [4.69, 9.17) is 20.9 Å². The van der Waals surface area contributed by atoms with Crippen molar-refractivity contribution in [3.63, 3.8) is 0 Å². The molecule has 0 spiro atoms. The Morgan fingerprint density at radius 2 is 1.58 bits per heavy atom. The third-order valence-corrected chi connectivity index (χ3v) is 8.08. The highest BCUT2D eigenvalue weighted by Crippen LogP contribution is 2.44. The third-order valence-electron chi connectivity index (χ3n) is 8.08. The standard InChI is InChI=1S/C23H28N4O4.C13H18FN3O5/c24-12-6-5-11-20(22(29)26-13-21(25)28)27-23(30)31-14-19-17-9-3-1-7-15(17)16-8-2-4-10-18(16)19;1-2-3-6-15-10(18)4-5-11(19)22-8-17-7-9(14)12(20)16-13(17)21/h1-4,7-10,19-20H,5-6,11-14,24H2,(H2,25,28)(H,26,29)(H,27,30);7H,2-6,8H2,1H3,(H,15,18)(H,16,20,21). The number of nitrogens with one attached hydrogen (secondary N) is 4. The lowest BCUT2D eigenvalue weighted by Crippen LogP contribution is -2.48. The zero-order valence-corrected chi connectivity index (χ0v) is 29.5. The van der Waals surface area contributed by atoms with Gasteiger partial charge in [0.1, 0.15) is 12.6 Å². The Morgan fingerprint density at radius 3 is 2.21 bits per heavy atom. The van der Waals surface area contributed by atoms with Crippen molar-refractivity contribution >= 4 is 29.8 Å². The summed E-state index contributed by atoms with van der Waals surface area (Å²) in [5.74, 6) is -3.34. The lowest BCUT2D eigenvalue weighted by molar-refractivity contribution is -0.148. The summed E-state index contributed by atoms with van der Waals surface area (Å²) in [6.07, 6.45) is 3.33. The van der Waals surface area contributed by atoms with Crippen LogP contribution in [0.15, 0.2) is 64.3 Å². The first kappa shape index (κ1) is 41.6. The third kappa shape index (κ3) is 13.3. The number of halogens is 1. The van der Waals surface area contributed by atoms with E-state index in [9.17, 15) is 38.0 Å². The lowest BCUT2D eigenvalue weighted by atomic mass is 9.98. The van der Waals surface area contributed by atoms with Gasteiger partial charge < -0.3 is 36.9 Å². The van der Waals surface area contributed by atoms with E-state index < -0.39 is 53.7 Å². The maximum Gasteiger partial charge on any atom is 0.407 e. The van der Waals surface area contributed by atoms with Gasteiger partial charge in [-0.2, -0.15) is 4.39 Å². The van der Waals surface area contributed by atoms with Gasteiger partial charge in [-0.15, -0.1) is 0 Å². The van der Waals surface area contributed by atoms with Gasteiger partial charge in [0, 0.05) is 18.9 Å². The van der Waals surface area contributed by atoms with Crippen molar-refractivity contribution in [3.8, 4) is 11.1 Å². The van der Waals surface area contributed by atoms with Crippen molar-refractivity contribution < 1.29 is 37.8 Å². The van der Waals surface area contributed by atoms with Gasteiger partial charge in [-0.05, 0) is 54.5 Å². The van der Waals surface area contributed by atoms with Crippen molar-refractivity contribution in [2.75, 3.05) is 26.2 Å². The number of hydrogen-bond acceptors (Lipinski definition) is 10. The number of rotatable bonds is 18. The first-order valence-corrected chi connectivity index (χ1v) is 17.2. The maximum atomic E-state index is 13.0. The number of ether oxygens (including phenoxy) is 2. The number of hydrogen-bond donors (Lipinski definition) is 6. The van der Waals surface area contributed by atoms with Crippen LogP contribution in [0.3, 0.4) is 0 Å². The van der Waals surface area contributed by atoms with Crippen LogP contribution in [0.5, 0.6) is 0 Å². The van der Waals surface area contributed by atoms with Gasteiger partial charge in [-0.3, -0.25) is 33.5 Å². The molecule has 16 nitrogen and oxygen atoms in total. The van der Waals surface area contributed by atoms with Crippen LogP contribution in [0, 0.1) is 5.82 Å². The zero-order valence-electron chi connectivity index (χ0n) is 29.5. The Balaban J connectivity index is 0.000000304. The van der Waals surface area contributed by atoms with E-state index >= 15 is 0 Å². The molecule has 286 valence electrons. The highest BCUT2D eigenvalue weighted by molar-refractivity contribution is 5.89. The Kier molecular flexibility index (Phi) is 16.9. The minimum absolute atomic E-state index is 0.0303. The predicted octanol–water partition coefficient (Wildman–Crippen LogP) is 1.50. The van der Waals surface area contributed by atoms with Crippen LogP contribution in [0.25, 0.3) is 11.1 Å². The zero-order chi connectivity index (χ0) is 38.8. The van der Waals surface area contributed by atoms with E-state index in [0.717, 1.165) is 35.1 Å². The quantitative estimate of drug-likeness (QED) is 0.0811. The fourth-order valence-corrected chi connectivity index (χ4v) is 5.34. The summed E-state index contributed by atoms with van der Waals surface area (Å²) < 4.78 is 23.9. The molecule has 1 unspecified atom stereocenters. The van der Waals surface area contributed by atoms with E-state index in [1.165, 1.54) is 0 Å². The molecule has 53 heavy (non-hydrogen) atoms. The second kappa shape index (κ2) is 21.5. The number of aromatic nitrogens is 2. The number of alkyl carbamates (subject to hydrolysis) is 1. The molecule has 2 aromatic carbocycles. The predicted molar refractivity (Wildman–Crippen MR) is 192 cm³/mol. The molecule has 4 rings (SSSR count). The fraction of sp³-hybridized carbons (Fsp3) is 0.417. The van der Waals surface area contributed by atoms with E-state index in [0.29, 0.717) is 43.1 Å². The molecule has 0 aliphatic heterocycles. The van der Waals surface area contributed by atoms with Crippen LogP contribution >= 0.6 is 0 Å². The Bertz CT molecular complexity index is 1800. The molecular formula is C36H46FN7O9. The largest absolute Gasteiger partial charge is 0.449 e. The molecular weight excluding hydrogens is 693 g/mol. The molecule has 1 atom stereocenters. The molecule has 1 aromatic heterocycles. The van der Waals surface area contributed by atoms with Crippen LogP contribution in [0.2, 0.25) is 0 Å². The highest BCUT2D eigenvalue weighted by atomic mass is 19.1. The molecule has 4 amide bonds. The van der Waals surface area contributed by atoms with Crippen LogP contribution < -0.4 is 38.7 Å². The summed E-state index contributed by atoms with van der Waals surface area (Å²) in [5.41, 5.74) is 13.0. The number of benzene rings is 2. The second-order valence-corrected chi connectivity index (χ2v) is 12.0. The average Bonchev–Trinajstić information content (AvgIpc) is 3.46. The lowest BCUT2D eigenvalue weighted by Gasteiger charge is -2.19. The van der Waals surface area contributed by atoms with Gasteiger partial charge in [0.25, 0.3) is 5.56 Å². The molecule has 1 aliphatic rings. The Hall–Kier alpha value is -5.84. The van der Waals surface area contributed by atoms with E-state index in [1.807, 2.05) is 43.3 Å². The summed E-state index contributed by atoms with van der Waals surface area (Å²) in [6.45, 7) is 2.35. The maximum absolute atomic E-state index is 13.0. The topological polar surface area (TPSA) is 247 Å². The van der Waals surface area contributed by atoms with E-state index in [2.05, 4.69) is 28.1 Å². The fourth-order valence-electron chi connectivity index (χ4n) is 5.34. The highest BCUT2D eigenvalue weighted by Gasteiger charge is 2.30. The first-order chi connectivity index (χ1) is 25.4. The number of H-pyrrole nitrogens is 1. The molecule has 8 N–H and O–H groups in total. The van der Waals surface area contributed by atoms with Crippen molar-refractivity contribution in [3.05, 3.63) is 92.5 Å². The summed E-state index contributed by atoms with van der Waals surface area (Å²) in [7, 11) is 0. The molecule has 3 aromatic rings. The number of carbonyl (C=O) groups is 5. The number of fused-ring (bicyclic) bond motifs is 3. The summed E-state index contributed by atoms with van der Waals surface area (Å²) in [5, 5.41) is 7.67. The molecule has 0 radical (unpaired) electrons. The van der Waals surface area contributed by atoms with Crippen molar-refractivity contribution in [2.24, 2.45) is 11.5 Å². The van der Waals surface area contributed by atoms with Crippen LogP contribution in [0.4, 0.5) is 9.18 Å². The number of primary amides is 1. The van der Waals surface area contributed by atoms with E-state index in [1.54, 1.807) is 4.98 Å². The minimum Gasteiger partial charge on any atom is -0.449 e. The molecule has 1 aliphatic carbocycles. The molecule has 17 heteroatoms. The SMILES string of the molecule is CCCCNC(=O)CCC(=O)OCn1cc(F)c(=O)[nH]c1=O.NCCCCC(NC(=O)OCC1c2ccccc2-c2ccccc21)C(=O)NCC(N)=O. The molecule has 0 fully saturated rings. The van der Waals surface area contributed by atoms with E-state index in [-0.39, 0.29) is 37.8 Å². The number of esters is 1. The van der Waals surface area contributed by atoms with Gasteiger partial charge in [0.2, 0.25) is 23.5 Å². The number of carbonyl (C=O) groups excluding carboxylic acids is 5. The normalized spacial score (nSPS) is 11.9.